The van der Waals surface area contributed by atoms with Crippen molar-refractivity contribution < 1.29 is 8.66 Å². The Labute approximate surface area is 201 Å². The van der Waals surface area contributed by atoms with Gasteiger partial charge in [-0.15, -0.1) is 5.70 Å². The minimum Gasteiger partial charge on any atom is -0.663 e. The molecule has 0 radical (unpaired) electrons. The van der Waals surface area contributed by atoms with E-state index in [1.807, 2.05) is 22.7 Å². The highest BCUT2D eigenvalue weighted by Crippen LogP contribution is 2.33. The van der Waals surface area contributed by atoms with Gasteiger partial charge in [-0.25, -0.2) is 0 Å². The predicted octanol–water partition coefficient (Wildman–Crippen LogP) is 5.24. The highest BCUT2D eigenvalue weighted by atomic mass is 16.3. The van der Waals surface area contributed by atoms with Crippen molar-refractivity contribution in [2.75, 3.05) is 0 Å². The van der Waals surface area contributed by atoms with Gasteiger partial charge in [0.05, 0.1) is 0 Å². The number of furan rings is 1. The minimum absolute atomic E-state index is 0.0266. The number of rotatable bonds is 3. The molecular formula is C31H32N2O. The van der Waals surface area contributed by atoms with E-state index in [1.165, 1.54) is 16.3 Å². The number of nitrogens with zero attached hydrogens (tertiary/aromatic N) is 2. The average molecular weight is 449 g/mol. The lowest BCUT2D eigenvalue weighted by Gasteiger charge is -2.22. The second kappa shape index (κ2) is 8.32. The molecule has 0 spiro atoms. The van der Waals surface area contributed by atoms with E-state index < -0.39 is 0 Å². The Morgan fingerprint density at radius 2 is 1.82 bits per heavy atom. The van der Waals surface area contributed by atoms with E-state index in [0.29, 0.717) is 5.92 Å². The molecule has 1 aliphatic rings. The number of benzene rings is 2. The molecule has 3 nitrogen and oxygen atoms in total. The van der Waals surface area contributed by atoms with Gasteiger partial charge in [0.1, 0.15) is 17.9 Å². The van der Waals surface area contributed by atoms with Crippen molar-refractivity contribution in [3.63, 3.8) is 0 Å². The number of hydrogen-bond acceptors (Lipinski definition) is 1. The van der Waals surface area contributed by atoms with Crippen molar-refractivity contribution in [2.45, 2.75) is 46.5 Å². The zero-order valence-corrected chi connectivity index (χ0v) is 20.7. The van der Waals surface area contributed by atoms with Gasteiger partial charge >= 0.3 is 0 Å². The maximum atomic E-state index is 6.12. The Morgan fingerprint density at radius 3 is 2.59 bits per heavy atom. The standard InChI is InChI=1S/C31H32N2O/c1-20(2)13-25-15-24-19-32-28(18-30(24)34-25)22-11-12-33(6)29(17-22)23-14-21-9-7-8-10-26(21)27(16-23)31(3,4)5/h7-12,14-20H,6,13H2,1-5H3. The fourth-order valence-electron chi connectivity index (χ4n) is 4.67. The van der Waals surface area contributed by atoms with E-state index in [1.54, 1.807) is 0 Å². The molecule has 2 aromatic heterocycles. The van der Waals surface area contributed by atoms with Gasteiger partial charge in [0.2, 0.25) is 5.69 Å². The van der Waals surface area contributed by atoms with E-state index >= 15 is 0 Å². The Bertz CT molecular complexity index is 1630. The van der Waals surface area contributed by atoms with Crippen molar-refractivity contribution in [3.8, 4) is 11.3 Å². The normalized spacial score (nSPS) is 15.0. The van der Waals surface area contributed by atoms with Crippen LogP contribution < -0.4 is 20.1 Å². The summed E-state index contributed by atoms with van der Waals surface area (Å²) in [4.78, 5) is 0. The van der Waals surface area contributed by atoms with E-state index in [9.17, 15) is 0 Å². The largest absolute Gasteiger partial charge is 0.663 e. The van der Waals surface area contributed by atoms with Crippen LogP contribution in [0.25, 0.3) is 45.3 Å². The van der Waals surface area contributed by atoms with Crippen LogP contribution >= 0.6 is 0 Å². The lowest BCUT2D eigenvalue weighted by molar-refractivity contribution is -0.486. The summed E-state index contributed by atoms with van der Waals surface area (Å²) in [5.74, 6) is 1.57. The second-order valence-corrected chi connectivity index (χ2v) is 10.7. The van der Waals surface area contributed by atoms with E-state index in [0.717, 1.165) is 45.0 Å². The van der Waals surface area contributed by atoms with Crippen LogP contribution in [0.3, 0.4) is 0 Å². The molecule has 0 unspecified atom stereocenters. The van der Waals surface area contributed by atoms with Crippen LogP contribution in [-0.2, 0) is 11.8 Å². The molecule has 0 N–H and O–H groups in total. The number of aromatic nitrogens is 1. The summed E-state index contributed by atoms with van der Waals surface area (Å²) >= 11 is 0. The molecule has 34 heavy (non-hydrogen) atoms. The fraction of sp³-hybridized carbons (Fsp3) is 0.258. The summed E-state index contributed by atoms with van der Waals surface area (Å²) in [6.45, 7) is 15.5. The van der Waals surface area contributed by atoms with Gasteiger partial charge in [-0.2, -0.15) is 10.4 Å². The van der Waals surface area contributed by atoms with Gasteiger partial charge in [0.15, 0.2) is 6.20 Å². The third-order valence-electron chi connectivity index (χ3n) is 6.36. The van der Waals surface area contributed by atoms with E-state index in [2.05, 4.69) is 95.9 Å². The summed E-state index contributed by atoms with van der Waals surface area (Å²) in [7, 11) is 0. The first kappa shape index (κ1) is 22.2. The highest BCUT2D eigenvalue weighted by molar-refractivity contribution is 5.91. The molecule has 3 heteroatoms. The van der Waals surface area contributed by atoms with Crippen LogP contribution in [0.2, 0.25) is 0 Å². The Hall–Kier alpha value is -3.59. The van der Waals surface area contributed by atoms with Gasteiger partial charge in [-0.05, 0) is 62.4 Å². The number of hydrogen-bond donors (Lipinski definition) is 0. The van der Waals surface area contributed by atoms with Crippen LogP contribution in [0.4, 0.5) is 0 Å². The van der Waals surface area contributed by atoms with Crippen molar-refractivity contribution in [3.05, 3.63) is 100 Å². The summed E-state index contributed by atoms with van der Waals surface area (Å²) in [5.41, 5.74) is 5.35. The molecule has 0 saturated carbocycles. The smallest absolute Gasteiger partial charge is 0.217 e. The SMILES string of the molecule is C=[n+]1ccc(=C2C=c3oc(CC(C)C)cc3=C[N-]2)cc1-c1cc(C(C)(C)C)c2ccccc2c1. The quantitative estimate of drug-likeness (QED) is 0.395. The maximum Gasteiger partial charge on any atom is 0.217 e. The molecule has 0 atom stereocenters. The molecule has 4 aromatic rings. The zero-order valence-electron chi connectivity index (χ0n) is 20.7. The molecule has 0 fully saturated rings. The molecule has 3 heterocycles. The predicted molar refractivity (Wildman–Crippen MR) is 141 cm³/mol. The Balaban J connectivity index is 1.68. The van der Waals surface area contributed by atoms with Crippen molar-refractivity contribution >= 4 is 28.7 Å². The van der Waals surface area contributed by atoms with Gasteiger partial charge < -0.3 is 9.73 Å². The van der Waals surface area contributed by atoms with Crippen molar-refractivity contribution in [1.82, 2.24) is 0 Å². The van der Waals surface area contributed by atoms with Crippen molar-refractivity contribution in [2.24, 2.45) is 5.92 Å². The molecule has 2 aromatic carbocycles. The number of fused-ring (bicyclic) bond motifs is 2. The first-order valence-electron chi connectivity index (χ1n) is 12.0. The zero-order chi connectivity index (χ0) is 24.0. The third kappa shape index (κ3) is 4.19. The third-order valence-corrected chi connectivity index (χ3v) is 6.36. The minimum atomic E-state index is 0.0266. The fourth-order valence-corrected chi connectivity index (χ4v) is 4.67. The molecule has 0 amide bonds. The second-order valence-electron chi connectivity index (χ2n) is 10.7. The summed E-state index contributed by atoms with van der Waals surface area (Å²) in [6.07, 6.45) is 6.90. The first-order chi connectivity index (χ1) is 16.2. The average Bonchev–Trinajstić information content (AvgIpc) is 3.18. The summed E-state index contributed by atoms with van der Waals surface area (Å²) < 4.78 is 8.06. The van der Waals surface area contributed by atoms with Gasteiger partial charge in [-0.1, -0.05) is 58.9 Å². The van der Waals surface area contributed by atoms with E-state index in [-0.39, 0.29) is 5.41 Å². The molecule has 172 valence electrons. The van der Waals surface area contributed by atoms with Crippen LogP contribution in [0.1, 0.15) is 45.9 Å². The maximum absolute atomic E-state index is 6.12. The molecule has 0 bridgehead atoms. The Morgan fingerprint density at radius 1 is 1.03 bits per heavy atom. The topological polar surface area (TPSA) is 33.1 Å². The van der Waals surface area contributed by atoms with Crippen molar-refractivity contribution in [1.29, 1.82) is 0 Å². The van der Waals surface area contributed by atoms with Crippen LogP contribution in [0.5, 0.6) is 0 Å². The van der Waals surface area contributed by atoms with Crippen LogP contribution in [0.15, 0.2) is 65.2 Å². The summed E-state index contributed by atoms with van der Waals surface area (Å²) in [6, 6.07) is 19.5. The Kier molecular flexibility index (Phi) is 5.44. The first-order valence-corrected chi connectivity index (χ1v) is 12.0. The van der Waals surface area contributed by atoms with Crippen LogP contribution in [-0.4, -0.2) is 0 Å². The molecule has 0 saturated heterocycles. The highest BCUT2D eigenvalue weighted by Gasteiger charge is 2.20. The molecule has 0 aliphatic carbocycles. The van der Waals surface area contributed by atoms with Gasteiger partial charge in [-0.3, -0.25) is 0 Å². The van der Waals surface area contributed by atoms with Gasteiger partial charge in [0.25, 0.3) is 0 Å². The lowest BCUT2D eigenvalue weighted by Crippen LogP contribution is -2.25. The van der Waals surface area contributed by atoms with Gasteiger partial charge in [0, 0.05) is 24.1 Å². The van der Waals surface area contributed by atoms with E-state index in [4.69, 9.17) is 9.73 Å². The monoisotopic (exact) mass is 448 g/mol. The molecule has 5 rings (SSSR count). The summed E-state index contributed by atoms with van der Waals surface area (Å²) in [5, 5.41) is 9.38. The molecule has 1 aliphatic heterocycles. The lowest BCUT2D eigenvalue weighted by atomic mass is 9.82. The number of pyridine rings is 1. The molecular weight excluding hydrogens is 416 g/mol. The van der Waals surface area contributed by atoms with Crippen LogP contribution in [0, 0.1) is 12.6 Å².